The van der Waals surface area contributed by atoms with Crippen LogP contribution < -0.4 is 0 Å². The summed E-state index contributed by atoms with van der Waals surface area (Å²) < 4.78 is 12.7. The van der Waals surface area contributed by atoms with Gasteiger partial charge in [0.2, 0.25) is 0 Å². The quantitative estimate of drug-likeness (QED) is 0.663. The fourth-order valence-corrected chi connectivity index (χ4v) is 0.831. The average Bonchev–Trinajstić information content (AvgIpc) is 2.12. The molecule has 3 nitrogen and oxygen atoms in total. The zero-order valence-corrected chi connectivity index (χ0v) is 7.12. The maximum absolute atomic E-state index is 12.7. The number of phenolic OH excluding ortho intramolecular Hbond substituents is 1. The number of carboxylic acid groups (broad SMARTS) is 1. The zero-order chi connectivity index (χ0) is 10.6. The highest BCUT2D eigenvalue weighted by atomic mass is 19.1. The Balaban J connectivity index is 2.90. The van der Waals surface area contributed by atoms with Crippen molar-refractivity contribution in [1.82, 2.24) is 0 Å². The van der Waals surface area contributed by atoms with Crippen LogP contribution in [0.15, 0.2) is 18.2 Å². The number of rotatable bonds is 1. The molecule has 0 radical (unpaired) electrons. The number of hydrogen-bond donors (Lipinski definition) is 2. The second kappa shape index (κ2) is 4.28. The summed E-state index contributed by atoms with van der Waals surface area (Å²) in [6.45, 7) is 0. The summed E-state index contributed by atoms with van der Waals surface area (Å²) in [5, 5.41) is 17.4. The fraction of sp³-hybridized carbons (Fsp3) is 0.100. The van der Waals surface area contributed by atoms with Gasteiger partial charge in [0, 0.05) is 0 Å². The van der Waals surface area contributed by atoms with E-state index in [9.17, 15) is 9.18 Å². The van der Waals surface area contributed by atoms with Crippen LogP contribution in [0.2, 0.25) is 0 Å². The molecular formula is C10H7FO3. The summed E-state index contributed by atoms with van der Waals surface area (Å²) in [7, 11) is 0. The molecule has 0 fully saturated rings. The maximum atomic E-state index is 12.7. The molecule has 1 aromatic rings. The van der Waals surface area contributed by atoms with Gasteiger partial charge in [0.15, 0.2) is 11.6 Å². The SMILES string of the molecule is O=C(O)CC#Cc1cccc(F)c1O. The van der Waals surface area contributed by atoms with Crippen LogP contribution in [0.25, 0.3) is 0 Å². The lowest BCUT2D eigenvalue weighted by atomic mass is 10.2. The van der Waals surface area contributed by atoms with E-state index in [-0.39, 0.29) is 12.0 Å². The van der Waals surface area contributed by atoms with Crippen molar-refractivity contribution in [1.29, 1.82) is 0 Å². The van der Waals surface area contributed by atoms with Crippen LogP contribution in [0, 0.1) is 17.7 Å². The van der Waals surface area contributed by atoms with Gasteiger partial charge in [-0.05, 0) is 12.1 Å². The van der Waals surface area contributed by atoms with Gasteiger partial charge < -0.3 is 10.2 Å². The normalized spacial score (nSPS) is 8.93. The van der Waals surface area contributed by atoms with Gasteiger partial charge in [-0.3, -0.25) is 4.79 Å². The fourth-order valence-electron chi connectivity index (χ4n) is 0.831. The van der Waals surface area contributed by atoms with E-state index in [1.807, 2.05) is 0 Å². The molecule has 0 atom stereocenters. The van der Waals surface area contributed by atoms with Gasteiger partial charge in [0.05, 0.1) is 5.56 Å². The minimum Gasteiger partial charge on any atom is -0.504 e. The molecule has 1 aromatic carbocycles. The van der Waals surface area contributed by atoms with Gasteiger partial charge in [-0.2, -0.15) is 0 Å². The van der Waals surface area contributed by atoms with Gasteiger partial charge in [-0.1, -0.05) is 17.9 Å². The van der Waals surface area contributed by atoms with Crippen molar-refractivity contribution in [3.05, 3.63) is 29.6 Å². The Morgan fingerprint density at radius 3 is 2.86 bits per heavy atom. The molecule has 0 bridgehead atoms. The number of para-hydroxylation sites is 1. The summed E-state index contributed by atoms with van der Waals surface area (Å²) in [4.78, 5) is 10.1. The highest BCUT2D eigenvalue weighted by Gasteiger charge is 2.02. The van der Waals surface area contributed by atoms with Crippen LogP contribution in [-0.4, -0.2) is 16.2 Å². The number of carbonyl (C=O) groups is 1. The highest BCUT2D eigenvalue weighted by Crippen LogP contribution is 2.19. The van der Waals surface area contributed by atoms with Crippen molar-refractivity contribution < 1.29 is 19.4 Å². The molecule has 0 aliphatic heterocycles. The molecule has 4 heteroatoms. The van der Waals surface area contributed by atoms with Crippen LogP contribution in [0.5, 0.6) is 5.75 Å². The van der Waals surface area contributed by atoms with E-state index in [1.54, 1.807) is 0 Å². The van der Waals surface area contributed by atoms with Crippen molar-refractivity contribution in [2.75, 3.05) is 0 Å². The van der Waals surface area contributed by atoms with E-state index in [0.717, 1.165) is 6.07 Å². The Morgan fingerprint density at radius 1 is 1.50 bits per heavy atom. The molecule has 0 heterocycles. The van der Waals surface area contributed by atoms with Crippen LogP contribution in [-0.2, 0) is 4.79 Å². The monoisotopic (exact) mass is 194 g/mol. The molecule has 2 N–H and O–H groups in total. The molecule has 0 aromatic heterocycles. The Morgan fingerprint density at radius 2 is 2.21 bits per heavy atom. The Kier molecular flexibility index (Phi) is 3.08. The Hall–Kier alpha value is -2.02. The van der Waals surface area contributed by atoms with Crippen LogP contribution >= 0.6 is 0 Å². The molecule has 72 valence electrons. The number of hydrogen-bond acceptors (Lipinski definition) is 2. The maximum Gasteiger partial charge on any atom is 0.315 e. The number of aromatic hydroxyl groups is 1. The van der Waals surface area contributed by atoms with Crippen LogP contribution in [0.3, 0.4) is 0 Å². The van der Waals surface area contributed by atoms with Gasteiger partial charge in [-0.15, -0.1) is 0 Å². The van der Waals surface area contributed by atoms with E-state index in [0.29, 0.717) is 0 Å². The molecule has 0 saturated heterocycles. The van der Waals surface area contributed by atoms with E-state index in [4.69, 9.17) is 10.2 Å². The van der Waals surface area contributed by atoms with Crippen LogP contribution in [0.1, 0.15) is 12.0 Å². The van der Waals surface area contributed by atoms with E-state index in [1.165, 1.54) is 12.1 Å². The molecule has 0 spiro atoms. The highest BCUT2D eigenvalue weighted by molar-refractivity contribution is 5.70. The topological polar surface area (TPSA) is 57.5 Å². The van der Waals surface area contributed by atoms with Gasteiger partial charge >= 0.3 is 5.97 Å². The molecule has 0 amide bonds. The van der Waals surface area contributed by atoms with Gasteiger partial charge in [-0.25, -0.2) is 4.39 Å². The molecule has 0 aliphatic carbocycles. The second-order valence-electron chi connectivity index (χ2n) is 2.51. The van der Waals surface area contributed by atoms with Gasteiger partial charge in [0.25, 0.3) is 0 Å². The first-order valence-corrected chi connectivity index (χ1v) is 3.79. The predicted molar refractivity (Wildman–Crippen MR) is 47.2 cm³/mol. The lowest BCUT2D eigenvalue weighted by Gasteiger charge is -1.96. The average molecular weight is 194 g/mol. The molecular weight excluding hydrogens is 187 g/mol. The Bertz CT molecular complexity index is 415. The molecule has 0 unspecified atom stereocenters. The molecule has 1 rings (SSSR count). The lowest BCUT2D eigenvalue weighted by Crippen LogP contribution is -1.90. The first-order valence-electron chi connectivity index (χ1n) is 3.79. The number of benzene rings is 1. The summed E-state index contributed by atoms with van der Waals surface area (Å²) in [6, 6.07) is 3.89. The summed E-state index contributed by atoms with van der Waals surface area (Å²) >= 11 is 0. The van der Waals surface area contributed by atoms with Crippen molar-refractivity contribution in [3.8, 4) is 17.6 Å². The number of phenols is 1. The van der Waals surface area contributed by atoms with Crippen molar-refractivity contribution in [2.24, 2.45) is 0 Å². The molecule has 0 aliphatic rings. The lowest BCUT2D eigenvalue weighted by molar-refractivity contribution is -0.135. The van der Waals surface area contributed by atoms with Crippen molar-refractivity contribution in [3.63, 3.8) is 0 Å². The second-order valence-corrected chi connectivity index (χ2v) is 2.51. The third kappa shape index (κ3) is 2.49. The first kappa shape index (κ1) is 10.1. The van der Waals surface area contributed by atoms with E-state index in [2.05, 4.69) is 11.8 Å². The Labute approximate surface area is 79.8 Å². The minimum atomic E-state index is -1.06. The third-order valence-electron chi connectivity index (χ3n) is 1.45. The van der Waals surface area contributed by atoms with E-state index >= 15 is 0 Å². The largest absolute Gasteiger partial charge is 0.504 e. The number of halogens is 1. The van der Waals surface area contributed by atoms with Crippen LogP contribution in [0.4, 0.5) is 4.39 Å². The smallest absolute Gasteiger partial charge is 0.315 e. The van der Waals surface area contributed by atoms with Crippen molar-refractivity contribution in [2.45, 2.75) is 6.42 Å². The molecule has 14 heavy (non-hydrogen) atoms. The molecule has 0 saturated carbocycles. The number of aliphatic carboxylic acids is 1. The first-order chi connectivity index (χ1) is 6.61. The van der Waals surface area contributed by atoms with Crippen molar-refractivity contribution >= 4 is 5.97 Å². The van der Waals surface area contributed by atoms with E-state index < -0.39 is 17.5 Å². The summed E-state index contributed by atoms with van der Waals surface area (Å²) in [5.74, 6) is 2.27. The summed E-state index contributed by atoms with van der Waals surface area (Å²) in [5.41, 5.74) is 0.0891. The summed E-state index contributed by atoms with van der Waals surface area (Å²) in [6.07, 6.45) is -0.337. The van der Waals surface area contributed by atoms with Gasteiger partial charge in [0.1, 0.15) is 6.42 Å². The zero-order valence-electron chi connectivity index (χ0n) is 7.12. The number of carboxylic acids is 1. The standard InChI is InChI=1S/C10H7FO3/c11-8-5-1-3-7(10(8)14)4-2-6-9(12)13/h1,3,5,14H,6H2,(H,12,13). The predicted octanol–water partition coefficient (Wildman–Crippen LogP) is 1.36. The third-order valence-corrected chi connectivity index (χ3v) is 1.45. The minimum absolute atomic E-state index is 0.0891.